The summed E-state index contributed by atoms with van der Waals surface area (Å²) in [6, 6.07) is 5.62. The lowest BCUT2D eigenvalue weighted by Crippen LogP contribution is -1.88. The number of rotatable bonds is 2. The molecule has 0 radical (unpaired) electrons. The average molecular weight is 265 g/mol. The number of hydrogen-bond acceptors (Lipinski definition) is 3. The van der Waals surface area contributed by atoms with Crippen molar-refractivity contribution in [3.8, 4) is 11.6 Å². The fourth-order valence-corrected chi connectivity index (χ4v) is 1.43. The van der Waals surface area contributed by atoms with Crippen molar-refractivity contribution in [1.82, 2.24) is 9.97 Å². The van der Waals surface area contributed by atoms with Crippen molar-refractivity contribution in [2.45, 2.75) is 6.92 Å². The molecule has 2 aromatic heterocycles. The number of hydrogen-bond donors (Lipinski definition) is 0. The molecule has 0 saturated heterocycles. The first-order chi connectivity index (χ1) is 7.24. The highest BCUT2D eigenvalue weighted by molar-refractivity contribution is 9.10. The Balaban J connectivity index is 2.18. The summed E-state index contributed by atoms with van der Waals surface area (Å²) < 4.78 is 6.39. The van der Waals surface area contributed by atoms with Crippen LogP contribution in [0.25, 0.3) is 0 Å². The molecule has 4 heteroatoms. The first kappa shape index (κ1) is 10.1. The monoisotopic (exact) mass is 264 g/mol. The Labute approximate surface area is 96.3 Å². The van der Waals surface area contributed by atoms with Crippen LogP contribution >= 0.6 is 15.9 Å². The van der Waals surface area contributed by atoms with Crippen molar-refractivity contribution in [3.63, 3.8) is 0 Å². The molecule has 3 nitrogen and oxygen atoms in total. The largest absolute Gasteiger partial charge is 0.437 e. The van der Waals surface area contributed by atoms with Crippen LogP contribution in [-0.2, 0) is 0 Å². The molecule has 0 bridgehead atoms. The number of aryl methyl sites for hydroxylation is 1. The molecule has 76 valence electrons. The third kappa shape index (κ3) is 2.76. The van der Waals surface area contributed by atoms with Crippen molar-refractivity contribution in [2.75, 3.05) is 0 Å². The van der Waals surface area contributed by atoms with Crippen LogP contribution < -0.4 is 4.74 Å². The van der Waals surface area contributed by atoms with Crippen LogP contribution in [0.15, 0.2) is 41.3 Å². The second-order valence-electron chi connectivity index (χ2n) is 3.11. The summed E-state index contributed by atoms with van der Waals surface area (Å²) >= 11 is 3.32. The van der Waals surface area contributed by atoms with Gasteiger partial charge in [0.15, 0.2) is 0 Å². The SMILES string of the molecule is Cc1ccc(Oc2cncc(Br)c2)nc1. The van der Waals surface area contributed by atoms with Gasteiger partial charge < -0.3 is 4.74 Å². The minimum Gasteiger partial charge on any atom is -0.437 e. The maximum absolute atomic E-state index is 5.51. The van der Waals surface area contributed by atoms with Crippen molar-refractivity contribution >= 4 is 15.9 Å². The van der Waals surface area contributed by atoms with E-state index >= 15 is 0 Å². The van der Waals surface area contributed by atoms with Crippen LogP contribution in [0.2, 0.25) is 0 Å². The molecule has 0 aliphatic rings. The lowest BCUT2D eigenvalue weighted by Gasteiger charge is -2.04. The molecule has 0 spiro atoms. The second kappa shape index (κ2) is 4.40. The lowest BCUT2D eigenvalue weighted by molar-refractivity contribution is 0.460. The van der Waals surface area contributed by atoms with E-state index in [0.29, 0.717) is 11.6 Å². The molecule has 2 rings (SSSR count). The predicted octanol–water partition coefficient (Wildman–Crippen LogP) is 3.34. The van der Waals surface area contributed by atoms with Crippen molar-refractivity contribution in [3.05, 3.63) is 46.8 Å². The van der Waals surface area contributed by atoms with Gasteiger partial charge in [-0.25, -0.2) is 4.98 Å². The van der Waals surface area contributed by atoms with Gasteiger partial charge in [-0.3, -0.25) is 4.98 Å². The highest BCUT2D eigenvalue weighted by Gasteiger charge is 1.98. The molecular formula is C11H9BrN2O. The van der Waals surface area contributed by atoms with Crippen LogP contribution in [0, 0.1) is 6.92 Å². The number of halogens is 1. The van der Waals surface area contributed by atoms with E-state index in [4.69, 9.17) is 4.74 Å². The molecule has 2 aromatic rings. The van der Waals surface area contributed by atoms with Gasteiger partial charge in [0, 0.05) is 22.9 Å². The van der Waals surface area contributed by atoms with Crippen molar-refractivity contribution in [2.24, 2.45) is 0 Å². The Morgan fingerprint density at radius 3 is 2.73 bits per heavy atom. The number of ether oxygens (including phenoxy) is 1. The summed E-state index contributed by atoms with van der Waals surface area (Å²) in [5, 5.41) is 0. The van der Waals surface area contributed by atoms with E-state index in [-0.39, 0.29) is 0 Å². The van der Waals surface area contributed by atoms with E-state index in [1.165, 1.54) is 0 Å². The summed E-state index contributed by atoms with van der Waals surface area (Å²) in [7, 11) is 0. The van der Waals surface area contributed by atoms with Crippen LogP contribution in [0.4, 0.5) is 0 Å². The van der Waals surface area contributed by atoms with E-state index in [1.807, 2.05) is 25.1 Å². The van der Waals surface area contributed by atoms with Gasteiger partial charge in [-0.15, -0.1) is 0 Å². The van der Waals surface area contributed by atoms with Gasteiger partial charge in [0.1, 0.15) is 5.75 Å². The molecule has 0 saturated carbocycles. The first-order valence-corrected chi connectivity index (χ1v) is 5.24. The maximum atomic E-state index is 5.51. The summed E-state index contributed by atoms with van der Waals surface area (Å²) in [6.45, 7) is 1.98. The average Bonchev–Trinajstić information content (AvgIpc) is 2.22. The zero-order valence-corrected chi connectivity index (χ0v) is 9.73. The van der Waals surface area contributed by atoms with Gasteiger partial charge >= 0.3 is 0 Å². The third-order valence-corrected chi connectivity index (χ3v) is 2.22. The summed E-state index contributed by atoms with van der Waals surface area (Å²) in [5.41, 5.74) is 1.11. The van der Waals surface area contributed by atoms with Crippen LogP contribution in [0.5, 0.6) is 11.6 Å². The van der Waals surface area contributed by atoms with Crippen LogP contribution in [0.1, 0.15) is 5.56 Å². The van der Waals surface area contributed by atoms with Crippen molar-refractivity contribution < 1.29 is 4.74 Å². The van der Waals surface area contributed by atoms with Gasteiger partial charge in [-0.05, 0) is 34.5 Å². The van der Waals surface area contributed by atoms with E-state index in [9.17, 15) is 0 Å². The zero-order chi connectivity index (χ0) is 10.7. The predicted molar refractivity (Wildman–Crippen MR) is 61.0 cm³/mol. The Morgan fingerprint density at radius 2 is 2.07 bits per heavy atom. The minimum absolute atomic E-state index is 0.570. The van der Waals surface area contributed by atoms with Gasteiger partial charge in [-0.1, -0.05) is 6.07 Å². The van der Waals surface area contributed by atoms with Crippen LogP contribution in [-0.4, -0.2) is 9.97 Å². The lowest BCUT2D eigenvalue weighted by atomic mass is 10.3. The summed E-state index contributed by atoms with van der Waals surface area (Å²) in [6.07, 6.45) is 5.11. The highest BCUT2D eigenvalue weighted by Crippen LogP contribution is 2.21. The smallest absolute Gasteiger partial charge is 0.219 e. The van der Waals surface area contributed by atoms with E-state index in [2.05, 4.69) is 25.9 Å². The van der Waals surface area contributed by atoms with E-state index < -0.39 is 0 Å². The number of pyridine rings is 2. The van der Waals surface area contributed by atoms with Gasteiger partial charge in [-0.2, -0.15) is 0 Å². The molecule has 0 aromatic carbocycles. The zero-order valence-electron chi connectivity index (χ0n) is 8.14. The molecule has 0 aliphatic carbocycles. The minimum atomic E-state index is 0.570. The molecule has 0 aliphatic heterocycles. The Hall–Kier alpha value is -1.42. The summed E-state index contributed by atoms with van der Waals surface area (Å²) in [5.74, 6) is 1.24. The van der Waals surface area contributed by atoms with Gasteiger partial charge in [0.05, 0.1) is 6.20 Å². The van der Waals surface area contributed by atoms with E-state index in [0.717, 1.165) is 10.0 Å². The quantitative estimate of drug-likeness (QED) is 0.835. The van der Waals surface area contributed by atoms with E-state index in [1.54, 1.807) is 18.6 Å². The maximum Gasteiger partial charge on any atom is 0.219 e. The topological polar surface area (TPSA) is 35.0 Å². The summed E-state index contributed by atoms with van der Waals surface area (Å²) in [4.78, 5) is 8.14. The fourth-order valence-electron chi connectivity index (χ4n) is 1.08. The fraction of sp³-hybridized carbons (Fsp3) is 0.0909. The molecule has 15 heavy (non-hydrogen) atoms. The van der Waals surface area contributed by atoms with Gasteiger partial charge in [0.2, 0.25) is 5.88 Å². The normalized spacial score (nSPS) is 10.0. The number of aromatic nitrogens is 2. The van der Waals surface area contributed by atoms with Crippen LogP contribution in [0.3, 0.4) is 0 Å². The standard InChI is InChI=1S/C11H9BrN2O/c1-8-2-3-11(14-5-8)15-10-4-9(12)6-13-7-10/h2-7H,1H3. The molecule has 0 amide bonds. The molecule has 0 N–H and O–H groups in total. The Kier molecular flexibility index (Phi) is 2.97. The molecular weight excluding hydrogens is 256 g/mol. The molecule has 2 heterocycles. The molecule has 0 fully saturated rings. The second-order valence-corrected chi connectivity index (χ2v) is 4.03. The Morgan fingerprint density at radius 1 is 1.20 bits per heavy atom. The highest BCUT2D eigenvalue weighted by atomic mass is 79.9. The van der Waals surface area contributed by atoms with Crippen molar-refractivity contribution in [1.29, 1.82) is 0 Å². The third-order valence-electron chi connectivity index (χ3n) is 1.79. The van der Waals surface area contributed by atoms with Gasteiger partial charge in [0.25, 0.3) is 0 Å². The first-order valence-electron chi connectivity index (χ1n) is 4.45. The molecule has 0 atom stereocenters. The number of nitrogens with zero attached hydrogens (tertiary/aromatic N) is 2. The Bertz CT molecular complexity index is 456. The molecule has 0 unspecified atom stereocenters.